The Labute approximate surface area is 264 Å². The molecule has 4 saturated carbocycles. The summed E-state index contributed by atoms with van der Waals surface area (Å²) < 4.78 is 115. The van der Waals surface area contributed by atoms with Gasteiger partial charge < -0.3 is 0 Å². The van der Waals surface area contributed by atoms with E-state index in [2.05, 4.69) is 41.5 Å². The van der Waals surface area contributed by atoms with Gasteiger partial charge in [0.15, 0.2) is 0 Å². The van der Waals surface area contributed by atoms with Crippen molar-refractivity contribution in [1.82, 2.24) is 0 Å². The molecule has 0 heterocycles. The third-order valence-electron chi connectivity index (χ3n) is 12.7. The zero-order valence-corrected chi connectivity index (χ0v) is 29.3. The van der Waals surface area contributed by atoms with Crippen LogP contribution < -0.4 is 0 Å². The molecule has 0 aromatic heterocycles. The maximum Gasteiger partial charge on any atom is 0.397 e. The van der Waals surface area contributed by atoms with Gasteiger partial charge in [0.2, 0.25) is 0 Å². The lowest BCUT2D eigenvalue weighted by Crippen LogP contribution is -2.62. The molecule has 0 bridgehead atoms. The Morgan fingerprint density at radius 1 is 0.705 bits per heavy atom. The Bertz CT molecular complexity index is 1370. The lowest BCUT2D eigenvalue weighted by atomic mass is 9.43. The minimum absolute atomic E-state index is 0.00197. The van der Waals surface area contributed by atoms with Gasteiger partial charge in [-0.1, -0.05) is 54.9 Å². The minimum Gasteiger partial charge on any atom is -0.264 e. The molecule has 4 fully saturated rings. The quantitative estimate of drug-likeness (QED) is 0.244. The van der Waals surface area contributed by atoms with Crippen LogP contribution in [0, 0.1) is 57.7 Å². The van der Waals surface area contributed by atoms with Gasteiger partial charge >= 0.3 is 31.2 Å². The first-order valence-corrected chi connectivity index (χ1v) is 19.9. The van der Waals surface area contributed by atoms with Crippen LogP contribution in [-0.2, 0) is 43.7 Å². The van der Waals surface area contributed by atoms with E-state index < -0.39 is 60.8 Å². The lowest BCUT2D eigenvalue weighted by Gasteiger charge is -2.63. The van der Waals surface area contributed by atoms with E-state index in [4.69, 9.17) is 12.5 Å². The third-order valence-corrected chi connectivity index (χ3v) is 14.1. The molecule has 258 valence electrons. The first-order valence-electron chi connectivity index (χ1n) is 15.8. The van der Waals surface area contributed by atoms with Crippen LogP contribution in [0.5, 0.6) is 0 Å². The van der Waals surface area contributed by atoms with Crippen LogP contribution in [0.3, 0.4) is 0 Å². The molecule has 0 radical (unpaired) electrons. The van der Waals surface area contributed by atoms with Crippen LogP contribution in [0.1, 0.15) is 106 Å². The fourth-order valence-corrected chi connectivity index (χ4v) is 11.7. The molecule has 4 aliphatic carbocycles. The van der Waals surface area contributed by atoms with Crippen LogP contribution in [0.2, 0.25) is 0 Å². The first kappa shape index (κ1) is 36.4. The highest BCUT2D eigenvalue weighted by Gasteiger charge is 2.65. The summed E-state index contributed by atoms with van der Waals surface area (Å²) in [5, 5.41) is 0. The van der Waals surface area contributed by atoms with Gasteiger partial charge in [0.25, 0.3) is 0 Å². The Kier molecular flexibility index (Phi) is 10.1. The predicted molar refractivity (Wildman–Crippen MR) is 162 cm³/mol. The van der Waals surface area contributed by atoms with Gasteiger partial charge in [-0.15, -0.1) is 0 Å². The highest BCUT2D eigenvalue weighted by molar-refractivity contribution is 7.81. The molecule has 0 aromatic carbocycles. The number of fused-ring (bicyclic) bond motifs is 5. The summed E-state index contributed by atoms with van der Waals surface area (Å²) in [4.78, 5) is 0. The molecular weight excluding hydrogens is 637 g/mol. The van der Waals surface area contributed by atoms with Gasteiger partial charge in [0.1, 0.15) is 12.2 Å². The van der Waals surface area contributed by atoms with Crippen molar-refractivity contribution in [2.75, 3.05) is 0 Å². The second-order valence-corrected chi connectivity index (χ2v) is 19.0. The van der Waals surface area contributed by atoms with Crippen LogP contribution in [-0.4, -0.2) is 57.2 Å². The average Bonchev–Trinajstić information content (AvgIpc) is 3.17. The molecule has 15 heteroatoms. The summed E-state index contributed by atoms with van der Waals surface area (Å²) in [5.41, 5.74) is -0.578. The Morgan fingerprint density at radius 3 is 1.77 bits per heavy atom. The first-order chi connectivity index (χ1) is 19.8. The van der Waals surface area contributed by atoms with Crippen molar-refractivity contribution in [2.24, 2.45) is 57.7 Å². The second-order valence-electron chi connectivity index (χ2n) is 15.9. The smallest absolute Gasteiger partial charge is 0.264 e. The largest absolute Gasteiger partial charge is 0.397 e. The average molecular weight is 689 g/mol. The molecule has 0 aliphatic heterocycles. The maximum absolute atomic E-state index is 12.1. The molecule has 0 spiro atoms. The van der Waals surface area contributed by atoms with E-state index in [0.717, 1.165) is 38.5 Å². The summed E-state index contributed by atoms with van der Waals surface area (Å²) in [6.07, 6.45) is 1.92. The van der Waals surface area contributed by atoms with E-state index >= 15 is 0 Å². The number of hydrogen-bond donors (Lipinski definition) is 3. The van der Waals surface area contributed by atoms with E-state index in [1.165, 1.54) is 0 Å². The third kappa shape index (κ3) is 7.83. The summed E-state index contributed by atoms with van der Waals surface area (Å²) >= 11 is 0. The van der Waals surface area contributed by atoms with Crippen LogP contribution >= 0.6 is 0 Å². The molecule has 0 aromatic rings. The molecule has 4 aliphatic rings. The minimum atomic E-state index is -5.06. The summed E-state index contributed by atoms with van der Waals surface area (Å²) in [7, 11) is -15.0. The van der Waals surface area contributed by atoms with Gasteiger partial charge in [-0.2, -0.15) is 25.3 Å². The normalized spacial score (nSPS) is 41.3. The number of hydrogen-bond acceptors (Lipinski definition) is 9. The van der Waals surface area contributed by atoms with Gasteiger partial charge in [-0.05, 0) is 109 Å². The molecule has 4 rings (SSSR count). The molecule has 0 unspecified atom stereocenters. The lowest BCUT2D eigenvalue weighted by molar-refractivity contribution is -0.184. The fourth-order valence-electron chi connectivity index (χ4n) is 10.2. The van der Waals surface area contributed by atoms with E-state index in [1.807, 2.05) is 6.92 Å². The van der Waals surface area contributed by atoms with Crippen molar-refractivity contribution in [3.05, 3.63) is 0 Å². The molecule has 12 nitrogen and oxygen atoms in total. The van der Waals surface area contributed by atoms with Crippen molar-refractivity contribution >= 4 is 31.2 Å². The molecule has 0 amide bonds. The molecular formula is C29H52O12S3. The second kappa shape index (κ2) is 12.2. The van der Waals surface area contributed by atoms with Crippen molar-refractivity contribution in [3.63, 3.8) is 0 Å². The highest BCUT2D eigenvalue weighted by Crippen LogP contribution is 2.69. The van der Waals surface area contributed by atoms with Crippen LogP contribution in [0.4, 0.5) is 0 Å². The molecule has 12 atom stereocenters. The van der Waals surface area contributed by atoms with Crippen molar-refractivity contribution in [2.45, 2.75) is 125 Å². The van der Waals surface area contributed by atoms with E-state index in [9.17, 15) is 38.9 Å². The molecule has 44 heavy (non-hydrogen) atoms. The maximum atomic E-state index is 12.1. The standard InChI is InChI=1S/C29H52O12S3/c1-17(8-9-18(2)27(3,4)5)20-10-11-21-19-14-24(39-42(30,31)32)23-15-25(40-43(33,34)35)26(41-44(36,37)38)16-29(23,7)22(19)12-13-28(20,21)6/h17-26H,8-16H2,1-7H3,(H,30,31,32)(H,33,34,35)(H,36,37,38)/t17-,18-,19+,20-,21+,22+,23-,24+,25-,26-,28-,29-/m1/s1. The van der Waals surface area contributed by atoms with E-state index in [0.29, 0.717) is 24.2 Å². The zero-order valence-electron chi connectivity index (χ0n) is 26.9. The Morgan fingerprint density at radius 2 is 1.23 bits per heavy atom. The topological polar surface area (TPSA) is 191 Å². The van der Waals surface area contributed by atoms with Gasteiger partial charge in [-0.3, -0.25) is 13.7 Å². The fraction of sp³-hybridized carbons (Fsp3) is 1.00. The Hall–Kier alpha value is -0.390. The van der Waals surface area contributed by atoms with Crippen molar-refractivity contribution in [1.29, 1.82) is 0 Å². The zero-order chi connectivity index (χ0) is 33.3. The Balaban J connectivity index is 1.66. The SMILES string of the molecule is C[C@H](CC[C@@H](C)C(C)(C)C)[C@H]1CC[C@H]2[C@@H]3C[C@H](OS(=O)(=O)O)[C@H]4C[C@@H](OS(=O)(=O)O)[C@H](OS(=O)(=O)O)C[C@]4(C)[C@H]3CC[C@]12C. The van der Waals surface area contributed by atoms with E-state index in [-0.39, 0.29) is 41.4 Å². The van der Waals surface area contributed by atoms with E-state index in [1.54, 1.807) is 0 Å². The van der Waals surface area contributed by atoms with Gasteiger partial charge in [-0.25, -0.2) is 12.5 Å². The summed E-state index contributed by atoms with van der Waals surface area (Å²) in [6, 6.07) is 0. The predicted octanol–water partition coefficient (Wildman–Crippen LogP) is 5.53. The summed E-state index contributed by atoms with van der Waals surface area (Å²) in [6.45, 7) is 15.7. The molecule has 3 N–H and O–H groups in total. The van der Waals surface area contributed by atoms with Crippen LogP contribution in [0.15, 0.2) is 0 Å². The highest BCUT2D eigenvalue weighted by atomic mass is 32.3. The summed E-state index contributed by atoms with van der Waals surface area (Å²) in [5.74, 6) is 1.12. The van der Waals surface area contributed by atoms with Crippen molar-refractivity contribution < 1.29 is 51.5 Å². The molecule has 0 saturated heterocycles. The van der Waals surface area contributed by atoms with Crippen molar-refractivity contribution in [3.8, 4) is 0 Å². The number of rotatable bonds is 10. The monoisotopic (exact) mass is 688 g/mol. The van der Waals surface area contributed by atoms with Gasteiger partial charge in [0, 0.05) is 0 Å². The van der Waals surface area contributed by atoms with Crippen LogP contribution in [0.25, 0.3) is 0 Å². The van der Waals surface area contributed by atoms with Gasteiger partial charge in [0.05, 0.1) is 6.10 Å².